The van der Waals surface area contributed by atoms with Crippen LogP contribution in [0.15, 0.2) is 48.5 Å². The Bertz CT molecular complexity index is 1260. The highest BCUT2D eigenvalue weighted by Gasteiger charge is 2.20. The lowest BCUT2D eigenvalue weighted by atomic mass is 9.99. The molecule has 6 nitrogen and oxygen atoms in total. The molecular formula is C25H22N3O3S+. The number of amides is 1. The monoisotopic (exact) mass is 444 g/mol. The van der Waals surface area contributed by atoms with Gasteiger partial charge in [0.15, 0.2) is 0 Å². The highest BCUT2D eigenvalue weighted by atomic mass is 32.1. The number of hydrogen-bond acceptors (Lipinski definition) is 5. The smallest absolute Gasteiger partial charge is 0.477 e. The summed E-state index contributed by atoms with van der Waals surface area (Å²) in [6, 6.07) is 20.3. The Morgan fingerprint density at radius 2 is 1.88 bits per heavy atom. The third-order valence-corrected chi connectivity index (χ3v) is 5.91. The van der Waals surface area contributed by atoms with Crippen molar-refractivity contribution < 1.29 is 14.7 Å². The van der Waals surface area contributed by atoms with Crippen LogP contribution in [0.5, 0.6) is 0 Å². The lowest BCUT2D eigenvalue weighted by Crippen LogP contribution is -2.05. The summed E-state index contributed by atoms with van der Waals surface area (Å²) in [5.74, 6) is -1.24. The number of carboxylic acids is 1. The lowest BCUT2D eigenvalue weighted by molar-refractivity contribution is -0.114. The molecule has 7 heteroatoms. The maximum Gasteiger partial charge on any atom is 0.515 e. The first kappa shape index (κ1) is 22.7. The average Bonchev–Trinajstić information content (AvgIpc) is 3.12. The highest BCUT2D eigenvalue weighted by molar-refractivity contribution is 7.14. The van der Waals surface area contributed by atoms with Gasteiger partial charge >= 0.3 is 17.9 Å². The minimum absolute atomic E-state index is 0.136. The number of aryl methyl sites for hydroxylation is 1. The minimum Gasteiger partial charge on any atom is -0.477 e. The van der Waals surface area contributed by atoms with E-state index in [1.165, 1.54) is 0 Å². The average molecular weight is 445 g/mol. The number of carboxylic acid groups (broad SMARTS) is 1. The number of benzene rings is 2. The zero-order valence-corrected chi connectivity index (χ0v) is 18.6. The van der Waals surface area contributed by atoms with Crippen LogP contribution in [0.2, 0.25) is 0 Å². The van der Waals surface area contributed by atoms with E-state index in [1.807, 2.05) is 55.5 Å². The highest BCUT2D eigenvalue weighted by Crippen LogP contribution is 2.33. The van der Waals surface area contributed by atoms with E-state index in [-0.39, 0.29) is 10.8 Å². The van der Waals surface area contributed by atoms with E-state index in [0.717, 1.165) is 40.0 Å². The molecule has 3 aromatic rings. The predicted molar refractivity (Wildman–Crippen MR) is 126 cm³/mol. The first-order chi connectivity index (χ1) is 15.4. The molecule has 0 spiro atoms. The molecule has 0 unspecified atom stereocenters. The fourth-order valence-electron chi connectivity index (χ4n) is 3.22. The maximum atomic E-state index is 11.7. The number of carbonyl (C=O) groups excluding carboxylic acids is 1. The van der Waals surface area contributed by atoms with Crippen LogP contribution in [0.4, 0.5) is 5.69 Å². The molecule has 2 aromatic carbocycles. The Hall–Kier alpha value is -3.94. The molecule has 0 fully saturated rings. The number of aromatic carboxylic acids is 1. The van der Waals surface area contributed by atoms with Crippen molar-refractivity contribution in [3.8, 4) is 23.3 Å². The third-order valence-electron chi connectivity index (χ3n) is 4.82. The molecule has 0 bridgehead atoms. The molecule has 0 atom stereocenters. The molecule has 1 aromatic heterocycles. The Morgan fingerprint density at radius 1 is 1.16 bits per heavy atom. The van der Waals surface area contributed by atoms with E-state index in [1.54, 1.807) is 6.92 Å². The SMILES string of the molecule is CCCC(=O)[N+]#Cc1ccccc1-c1ccc(CNc2c(C(=O)O)sc(C)c2C#N)cc1. The molecule has 3 rings (SSSR count). The quantitative estimate of drug-likeness (QED) is 0.472. The topological polar surface area (TPSA) is 94.6 Å². The van der Waals surface area contributed by atoms with Crippen molar-refractivity contribution in [2.45, 2.75) is 33.2 Å². The van der Waals surface area contributed by atoms with Gasteiger partial charge in [0.25, 0.3) is 0 Å². The first-order valence-electron chi connectivity index (χ1n) is 10.1. The fraction of sp³-hybridized carbons (Fsp3) is 0.200. The van der Waals surface area contributed by atoms with Gasteiger partial charge in [0.2, 0.25) is 0 Å². The summed E-state index contributed by atoms with van der Waals surface area (Å²) in [6.45, 7) is 4.05. The van der Waals surface area contributed by atoms with Crippen LogP contribution in [0.1, 0.15) is 51.0 Å². The standard InChI is InChI=1S/C25H21N3O3S/c1-3-6-22(29)27-15-19-7-4-5-8-20(19)18-11-9-17(10-12-18)14-28-23-21(13-26)16(2)32-24(23)25(30)31/h4-5,7-12,28H,3,6,14H2,1-2H3/p+1. The van der Waals surface area contributed by atoms with Gasteiger partial charge in [-0.2, -0.15) is 5.26 Å². The summed E-state index contributed by atoms with van der Waals surface area (Å²) in [5, 5.41) is 21.9. The molecule has 0 aliphatic heterocycles. The Morgan fingerprint density at radius 3 is 2.53 bits per heavy atom. The zero-order valence-electron chi connectivity index (χ0n) is 17.8. The number of nitrogens with zero attached hydrogens (tertiary/aromatic N) is 2. The number of thiophene rings is 1. The molecule has 0 saturated carbocycles. The van der Waals surface area contributed by atoms with E-state index in [4.69, 9.17) is 0 Å². The normalized spacial score (nSPS) is 10.0. The minimum atomic E-state index is -1.05. The van der Waals surface area contributed by atoms with E-state index < -0.39 is 5.97 Å². The molecular weight excluding hydrogens is 422 g/mol. The Kier molecular flexibility index (Phi) is 7.38. The molecule has 32 heavy (non-hydrogen) atoms. The van der Waals surface area contributed by atoms with Crippen molar-refractivity contribution in [2.75, 3.05) is 5.32 Å². The molecule has 160 valence electrons. The molecule has 0 aliphatic carbocycles. The summed E-state index contributed by atoms with van der Waals surface area (Å²) in [4.78, 5) is 28.0. The molecule has 2 N–H and O–H groups in total. The molecule has 0 aliphatic rings. The number of nitriles is 1. The molecule has 0 radical (unpaired) electrons. The van der Waals surface area contributed by atoms with Crippen molar-refractivity contribution in [2.24, 2.45) is 0 Å². The summed E-state index contributed by atoms with van der Waals surface area (Å²) < 4.78 is 0. The van der Waals surface area contributed by atoms with Crippen molar-refractivity contribution in [1.82, 2.24) is 0 Å². The van der Waals surface area contributed by atoms with Gasteiger partial charge in [-0.3, -0.25) is 0 Å². The number of anilines is 1. The fourth-order valence-corrected chi connectivity index (χ4v) is 4.14. The van der Waals surface area contributed by atoms with Crippen LogP contribution in [-0.4, -0.2) is 17.0 Å². The van der Waals surface area contributed by atoms with Gasteiger partial charge < -0.3 is 10.4 Å². The molecule has 0 saturated heterocycles. The van der Waals surface area contributed by atoms with E-state index in [9.17, 15) is 20.0 Å². The van der Waals surface area contributed by atoms with Crippen LogP contribution < -0.4 is 5.32 Å². The number of carbonyl (C=O) groups is 2. The van der Waals surface area contributed by atoms with E-state index in [2.05, 4.69) is 22.3 Å². The van der Waals surface area contributed by atoms with Crippen LogP contribution in [0.3, 0.4) is 0 Å². The van der Waals surface area contributed by atoms with Gasteiger partial charge in [0.1, 0.15) is 16.5 Å². The maximum absolute atomic E-state index is 11.7. The van der Waals surface area contributed by atoms with Crippen molar-refractivity contribution in [3.63, 3.8) is 0 Å². The van der Waals surface area contributed by atoms with Crippen LogP contribution in [0, 0.1) is 24.3 Å². The summed E-state index contributed by atoms with van der Waals surface area (Å²) >= 11 is 1.10. The second-order valence-electron chi connectivity index (χ2n) is 7.12. The van der Waals surface area contributed by atoms with Crippen LogP contribution in [0.25, 0.3) is 16.0 Å². The number of hydrogen-bond donors (Lipinski definition) is 2. The zero-order chi connectivity index (χ0) is 23.1. The third kappa shape index (κ3) is 5.21. The lowest BCUT2D eigenvalue weighted by Gasteiger charge is -2.08. The van der Waals surface area contributed by atoms with Crippen LogP contribution >= 0.6 is 11.3 Å². The van der Waals surface area contributed by atoms with Gasteiger partial charge in [-0.25, -0.2) is 9.59 Å². The largest absolute Gasteiger partial charge is 0.515 e. The second-order valence-corrected chi connectivity index (χ2v) is 8.34. The number of nitrogens with one attached hydrogen (secondary N) is 1. The Balaban J connectivity index is 1.80. The van der Waals surface area contributed by atoms with E-state index in [0.29, 0.717) is 29.1 Å². The molecule has 1 amide bonds. The summed E-state index contributed by atoms with van der Waals surface area (Å²) in [6.07, 6.45) is 1.15. The van der Waals surface area contributed by atoms with Crippen molar-refractivity contribution in [3.05, 3.63) is 79.8 Å². The first-order valence-corrected chi connectivity index (χ1v) is 10.9. The van der Waals surface area contributed by atoms with Gasteiger partial charge in [-0.1, -0.05) is 49.4 Å². The van der Waals surface area contributed by atoms with Gasteiger partial charge in [0, 0.05) is 21.8 Å². The van der Waals surface area contributed by atoms with Gasteiger partial charge in [-0.15, -0.1) is 11.3 Å². The predicted octanol–water partition coefficient (Wildman–Crippen LogP) is 5.91. The summed E-state index contributed by atoms with van der Waals surface area (Å²) in [7, 11) is 0. The van der Waals surface area contributed by atoms with Crippen LogP contribution in [-0.2, 0) is 11.3 Å². The molecule has 1 heterocycles. The van der Waals surface area contributed by atoms with E-state index >= 15 is 0 Å². The van der Waals surface area contributed by atoms with Crippen molar-refractivity contribution in [1.29, 1.82) is 5.26 Å². The number of rotatable bonds is 7. The second kappa shape index (κ2) is 10.4. The summed E-state index contributed by atoms with van der Waals surface area (Å²) in [5.41, 5.74) is 4.26. The van der Waals surface area contributed by atoms with Gasteiger partial charge in [0.05, 0.1) is 17.7 Å². The van der Waals surface area contributed by atoms with Gasteiger partial charge in [-0.05, 0) is 30.5 Å². The van der Waals surface area contributed by atoms with Crippen molar-refractivity contribution >= 4 is 28.9 Å². The Labute approximate surface area is 190 Å².